The van der Waals surface area contributed by atoms with Gasteiger partial charge in [0, 0.05) is 37.1 Å². The first-order valence-corrected chi connectivity index (χ1v) is 11.8. The van der Waals surface area contributed by atoms with Crippen LogP contribution in [-0.4, -0.2) is 61.8 Å². The molecule has 4 rings (SSSR count). The first-order valence-electron chi connectivity index (χ1n) is 10.1. The molecule has 3 aromatic rings. The summed E-state index contributed by atoms with van der Waals surface area (Å²) in [4.78, 5) is 23.0. The summed E-state index contributed by atoms with van der Waals surface area (Å²) in [7, 11) is 0. The van der Waals surface area contributed by atoms with E-state index in [0.29, 0.717) is 18.3 Å². The van der Waals surface area contributed by atoms with Gasteiger partial charge in [0.1, 0.15) is 5.75 Å². The lowest BCUT2D eigenvalue weighted by molar-refractivity contribution is -0.114. The Morgan fingerprint density at radius 3 is 2.90 bits per heavy atom. The number of thiazole rings is 1. The van der Waals surface area contributed by atoms with E-state index in [0.717, 1.165) is 53.7 Å². The lowest BCUT2D eigenvalue weighted by Crippen LogP contribution is -2.42. The maximum Gasteiger partial charge on any atom is 0.252 e. The smallest absolute Gasteiger partial charge is 0.252 e. The van der Waals surface area contributed by atoms with Crippen LogP contribution >= 0.6 is 35.1 Å². The van der Waals surface area contributed by atoms with Crippen molar-refractivity contribution < 1.29 is 14.3 Å². The molecule has 0 aliphatic carbocycles. The number of carbonyl (C=O) groups excluding carboxylic acids is 1. The van der Waals surface area contributed by atoms with Crippen LogP contribution in [0.4, 0.5) is 5.13 Å². The molecule has 166 valence electrons. The van der Waals surface area contributed by atoms with E-state index in [2.05, 4.69) is 4.90 Å². The molecule has 1 aromatic carbocycles. The second-order valence-corrected chi connectivity index (χ2v) is 8.84. The van der Waals surface area contributed by atoms with Crippen molar-refractivity contribution in [1.29, 1.82) is 0 Å². The molecule has 31 heavy (non-hydrogen) atoms. The van der Waals surface area contributed by atoms with Crippen LogP contribution in [0.25, 0.3) is 16.3 Å². The van der Waals surface area contributed by atoms with Gasteiger partial charge in [-0.15, -0.1) is 23.7 Å². The van der Waals surface area contributed by atoms with Crippen molar-refractivity contribution in [3.8, 4) is 5.75 Å². The molecule has 1 amide bonds. The number of fused-ring (bicyclic) bond motifs is 1. The molecule has 1 aliphatic heterocycles. The number of ether oxygens (including phenoxy) is 2. The number of hydrogen-bond acceptors (Lipinski definition) is 7. The number of aromatic nitrogens is 1. The predicted octanol–water partition coefficient (Wildman–Crippen LogP) is 4.56. The van der Waals surface area contributed by atoms with Crippen LogP contribution in [0.15, 0.2) is 41.8 Å². The summed E-state index contributed by atoms with van der Waals surface area (Å²) in [5.41, 5.74) is 0.880. The van der Waals surface area contributed by atoms with E-state index >= 15 is 0 Å². The fourth-order valence-corrected chi connectivity index (χ4v) is 4.90. The van der Waals surface area contributed by atoms with Gasteiger partial charge in [-0.25, -0.2) is 4.98 Å². The van der Waals surface area contributed by atoms with Crippen molar-refractivity contribution in [2.45, 2.75) is 6.92 Å². The Kier molecular flexibility index (Phi) is 8.86. The molecule has 6 nitrogen and oxygen atoms in total. The van der Waals surface area contributed by atoms with E-state index in [1.54, 1.807) is 22.3 Å². The third kappa shape index (κ3) is 6.27. The molecule has 0 atom stereocenters. The SMILES string of the molecule is CCOc1ccc2nc(N(CCN3CCOCC3)C(=O)C=Cc3cccs3)sc2c1.Cl. The van der Waals surface area contributed by atoms with Crippen molar-refractivity contribution >= 4 is 62.4 Å². The van der Waals surface area contributed by atoms with Gasteiger partial charge in [-0.1, -0.05) is 17.4 Å². The van der Waals surface area contributed by atoms with Crippen LogP contribution in [0, 0.1) is 0 Å². The number of nitrogens with zero attached hydrogens (tertiary/aromatic N) is 3. The number of halogens is 1. The predicted molar refractivity (Wildman–Crippen MR) is 131 cm³/mol. The Hall–Kier alpha value is -1.97. The first-order chi connectivity index (χ1) is 14.7. The molecule has 2 aromatic heterocycles. The lowest BCUT2D eigenvalue weighted by Gasteiger charge is -2.28. The highest BCUT2D eigenvalue weighted by molar-refractivity contribution is 7.22. The van der Waals surface area contributed by atoms with E-state index in [4.69, 9.17) is 14.5 Å². The van der Waals surface area contributed by atoms with Crippen LogP contribution in [0.3, 0.4) is 0 Å². The van der Waals surface area contributed by atoms with Crippen molar-refractivity contribution in [1.82, 2.24) is 9.88 Å². The third-order valence-electron chi connectivity index (χ3n) is 4.83. The lowest BCUT2D eigenvalue weighted by atomic mass is 10.3. The quantitative estimate of drug-likeness (QED) is 0.443. The molecule has 1 aliphatic rings. The minimum atomic E-state index is -0.0549. The Morgan fingerprint density at radius 2 is 2.16 bits per heavy atom. The molecule has 3 heterocycles. The van der Waals surface area contributed by atoms with E-state index in [1.807, 2.05) is 48.7 Å². The number of hydrogen-bond donors (Lipinski definition) is 0. The van der Waals surface area contributed by atoms with Crippen LogP contribution in [0.1, 0.15) is 11.8 Å². The maximum atomic E-state index is 13.1. The van der Waals surface area contributed by atoms with Crippen LogP contribution in [0.5, 0.6) is 5.75 Å². The highest BCUT2D eigenvalue weighted by Gasteiger charge is 2.20. The summed E-state index contributed by atoms with van der Waals surface area (Å²) < 4.78 is 12.1. The maximum absolute atomic E-state index is 13.1. The number of benzene rings is 1. The average molecular weight is 480 g/mol. The fourth-order valence-electron chi connectivity index (χ4n) is 3.26. The Labute approximate surface area is 196 Å². The highest BCUT2D eigenvalue weighted by atomic mass is 35.5. The molecule has 0 saturated carbocycles. The van der Waals surface area contributed by atoms with Crippen LogP contribution < -0.4 is 9.64 Å². The average Bonchev–Trinajstić information content (AvgIpc) is 3.43. The van der Waals surface area contributed by atoms with Gasteiger partial charge in [0.25, 0.3) is 5.91 Å². The van der Waals surface area contributed by atoms with Gasteiger partial charge in [-0.3, -0.25) is 14.6 Å². The monoisotopic (exact) mass is 479 g/mol. The molecular formula is C22H26ClN3O3S2. The second kappa shape index (κ2) is 11.6. The fraction of sp³-hybridized carbons (Fsp3) is 0.364. The van der Waals surface area contributed by atoms with Crippen LogP contribution in [0.2, 0.25) is 0 Å². The van der Waals surface area contributed by atoms with E-state index < -0.39 is 0 Å². The Morgan fingerprint density at radius 1 is 1.32 bits per heavy atom. The minimum absolute atomic E-state index is 0. The number of carbonyl (C=O) groups is 1. The number of amides is 1. The van der Waals surface area contributed by atoms with Crippen molar-refractivity contribution in [2.24, 2.45) is 0 Å². The molecule has 0 bridgehead atoms. The van der Waals surface area contributed by atoms with Gasteiger partial charge >= 0.3 is 0 Å². The Balaban J connectivity index is 0.00000272. The molecule has 9 heteroatoms. The van der Waals surface area contributed by atoms with Gasteiger partial charge in [0.15, 0.2) is 5.13 Å². The Bertz CT molecular complexity index is 1000. The summed E-state index contributed by atoms with van der Waals surface area (Å²) in [6.07, 6.45) is 3.51. The summed E-state index contributed by atoms with van der Waals surface area (Å²) in [5.74, 6) is 0.768. The zero-order valence-electron chi connectivity index (χ0n) is 17.4. The van der Waals surface area contributed by atoms with Gasteiger partial charge in [0.2, 0.25) is 0 Å². The molecule has 1 fully saturated rings. The minimum Gasteiger partial charge on any atom is -0.494 e. The first kappa shape index (κ1) is 23.7. The molecule has 0 radical (unpaired) electrons. The summed E-state index contributed by atoms with van der Waals surface area (Å²) in [6.45, 7) is 7.24. The van der Waals surface area contributed by atoms with Crippen LogP contribution in [-0.2, 0) is 9.53 Å². The van der Waals surface area contributed by atoms with Gasteiger partial charge in [-0.2, -0.15) is 0 Å². The zero-order chi connectivity index (χ0) is 20.8. The van der Waals surface area contributed by atoms with Crippen molar-refractivity contribution in [3.63, 3.8) is 0 Å². The van der Waals surface area contributed by atoms with Crippen molar-refractivity contribution in [2.75, 3.05) is 50.9 Å². The largest absolute Gasteiger partial charge is 0.494 e. The number of rotatable bonds is 8. The normalized spacial score (nSPS) is 14.6. The van der Waals surface area contributed by atoms with Gasteiger partial charge in [0.05, 0.1) is 30.0 Å². The number of morpholine rings is 1. The highest BCUT2D eigenvalue weighted by Crippen LogP contribution is 2.32. The molecule has 0 N–H and O–H groups in total. The third-order valence-corrected chi connectivity index (χ3v) is 6.71. The molecule has 1 saturated heterocycles. The zero-order valence-corrected chi connectivity index (χ0v) is 19.8. The van der Waals surface area contributed by atoms with E-state index in [-0.39, 0.29) is 18.3 Å². The summed E-state index contributed by atoms with van der Waals surface area (Å²) in [6, 6.07) is 9.85. The topological polar surface area (TPSA) is 54.9 Å². The summed E-state index contributed by atoms with van der Waals surface area (Å²) >= 11 is 3.14. The second-order valence-electron chi connectivity index (χ2n) is 6.85. The molecular weight excluding hydrogens is 454 g/mol. The van der Waals surface area contributed by atoms with Gasteiger partial charge < -0.3 is 9.47 Å². The van der Waals surface area contributed by atoms with Gasteiger partial charge in [-0.05, 0) is 42.6 Å². The van der Waals surface area contributed by atoms with E-state index in [1.165, 1.54) is 11.3 Å². The molecule has 0 spiro atoms. The standard InChI is InChI=1S/C22H25N3O3S2.ClH/c1-2-28-17-5-7-19-20(16-17)30-22(23-19)25(10-9-24-11-13-27-14-12-24)21(26)8-6-18-4-3-15-29-18;/h3-8,15-16H,2,9-14H2,1H3;1H. The number of anilines is 1. The number of thiophene rings is 1. The van der Waals surface area contributed by atoms with Crippen molar-refractivity contribution in [3.05, 3.63) is 46.7 Å². The summed E-state index contributed by atoms with van der Waals surface area (Å²) in [5, 5.41) is 2.72. The van der Waals surface area contributed by atoms with E-state index in [9.17, 15) is 4.79 Å². The molecule has 0 unspecified atom stereocenters.